The molecule has 0 N–H and O–H groups in total. The Hall–Kier alpha value is -2.71. The number of fused-ring (bicyclic) bond motifs is 1. The van der Waals surface area contributed by atoms with Gasteiger partial charge in [0, 0.05) is 12.0 Å². The molecule has 0 aliphatic carbocycles. The highest BCUT2D eigenvalue weighted by molar-refractivity contribution is 6.32. The minimum atomic E-state index is -0.541. The molecule has 3 rings (SSSR count). The molecule has 2 aromatic carbocycles. The van der Waals surface area contributed by atoms with Gasteiger partial charge < -0.3 is 14.2 Å². The first-order valence-corrected chi connectivity index (χ1v) is 7.81. The van der Waals surface area contributed by atoms with Crippen LogP contribution in [-0.4, -0.2) is 19.2 Å². The Kier molecular flexibility index (Phi) is 4.88. The summed E-state index contributed by atoms with van der Waals surface area (Å²) in [6, 6.07) is 12.1. The first-order chi connectivity index (χ1) is 11.7. The second kappa shape index (κ2) is 7.24. The van der Waals surface area contributed by atoms with Crippen molar-refractivity contribution in [2.24, 2.45) is 0 Å². The first-order valence-electron chi connectivity index (χ1n) is 7.43. The molecule has 0 aromatic heterocycles. The molecular formula is C18H14ClNO4. The number of halogens is 1. The Bertz CT molecular complexity index is 813. The fraction of sp³-hybridized carbons (Fsp3) is 0.222. The predicted molar refractivity (Wildman–Crippen MR) is 87.3 cm³/mol. The van der Waals surface area contributed by atoms with Gasteiger partial charge in [-0.1, -0.05) is 29.8 Å². The van der Waals surface area contributed by atoms with Crippen LogP contribution in [0, 0.1) is 11.3 Å². The van der Waals surface area contributed by atoms with Crippen LogP contribution in [0.4, 0.5) is 0 Å². The molecule has 0 amide bonds. The van der Waals surface area contributed by atoms with Gasteiger partial charge in [0.2, 0.25) is 0 Å². The molecule has 0 atom stereocenters. The molecule has 1 heterocycles. The Balaban J connectivity index is 1.77. The number of nitrogens with zero attached hydrogens (tertiary/aromatic N) is 1. The van der Waals surface area contributed by atoms with E-state index in [2.05, 4.69) is 6.07 Å². The second-order valence-corrected chi connectivity index (χ2v) is 5.59. The van der Waals surface area contributed by atoms with Crippen LogP contribution in [0.1, 0.15) is 27.9 Å². The summed E-state index contributed by atoms with van der Waals surface area (Å²) in [6.45, 7) is 1.02. The van der Waals surface area contributed by atoms with Crippen molar-refractivity contribution in [3.05, 3.63) is 58.1 Å². The Labute approximate surface area is 144 Å². The molecule has 1 aliphatic heterocycles. The molecule has 0 spiro atoms. The summed E-state index contributed by atoms with van der Waals surface area (Å²) < 4.78 is 16.4. The smallest absolute Gasteiger partial charge is 0.338 e. The zero-order chi connectivity index (χ0) is 16.9. The lowest BCUT2D eigenvalue weighted by molar-refractivity contribution is 0.0472. The van der Waals surface area contributed by atoms with Crippen LogP contribution in [-0.2, 0) is 11.3 Å². The number of hydrogen-bond acceptors (Lipinski definition) is 5. The van der Waals surface area contributed by atoms with Gasteiger partial charge in [-0.2, -0.15) is 5.26 Å². The number of esters is 1. The van der Waals surface area contributed by atoms with Gasteiger partial charge in [-0.05, 0) is 18.2 Å². The van der Waals surface area contributed by atoms with E-state index < -0.39 is 5.97 Å². The number of nitriles is 1. The van der Waals surface area contributed by atoms with Crippen molar-refractivity contribution in [2.45, 2.75) is 13.0 Å². The molecule has 122 valence electrons. The van der Waals surface area contributed by atoms with Gasteiger partial charge in [0.1, 0.15) is 6.61 Å². The van der Waals surface area contributed by atoms with E-state index in [1.807, 2.05) is 0 Å². The lowest BCUT2D eigenvalue weighted by Gasteiger charge is -2.11. The first kappa shape index (κ1) is 16.2. The van der Waals surface area contributed by atoms with Crippen LogP contribution in [0.2, 0.25) is 5.02 Å². The van der Waals surface area contributed by atoms with Gasteiger partial charge >= 0.3 is 5.97 Å². The normalized spacial score (nSPS) is 12.8. The molecule has 0 saturated heterocycles. The number of rotatable bonds is 3. The second-order valence-electron chi connectivity index (χ2n) is 5.18. The summed E-state index contributed by atoms with van der Waals surface area (Å²) in [6.07, 6.45) is 0.746. The Morgan fingerprint density at radius 3 is 2.88 bits per heavy atom. The molecule has 5 nitrogen and oxygen atoms in total. The van der Waals surface area contributed by atoms with E-state index in [9.17, 15) is 4.79 Å². The van der Waals surface area contributed by atoms with E-state index in [4.69, 9.17) is 31.1 Å². The maximum Gasteiger partial charge on any atom is 0.338 e. The van der Waals surface area contributed by atoms with E-state index in [1.54, 1.807) is 30.3 Å². The minimum absolute atomic E-state index is 0.00856. The Morgan fingerprint density at radius 2 is 2.04 bits per heavy atom. The molecule has 6 heteroatoms. The highest BCUT2D eigenvalue weighted by Crippen LogP contribution is 2.38. The molecular weight excluding hydrogens is 330 g/mol. The van der Waals surface area contributed by atoms with Crippen molar-refractivity contribution in [1.29, 1.82) is 5.26 Å². The van der Waals surface area contributed by atoms with Crippen molar-refractivity contribution in [2.75, 3.05) is 13.2 Å². The molecule has 0 bridgehead atoms. The van der Waals surface area contributed by atoms with Crippen molar-refractivity contribution in [3.8, 4) is 17.6 Å². The van der Waals surface area contributed by atoms with Crippen LogP contribution in [0.15, 0.2) is 36.4 Å². The maximum atomic E-state index is 12.3. The average Bonchev–Trinajstić information content (AvgIpc) is 2.85. The number of carbonyl (C=O) groups is 1. The fourth-order valence-electron chi connectivity index (χ4n) is 2.33. The van der Waals surface area contributed by atoms with Crippen LogP contribution in [0.5, 0.6) is 11.5 Å². The van der Waals surface area contributed by atoms with Gasteiger partial charge in [0.05, 0.1) is 35.4 Å². The van der Waals surface area contributed by atoms with Crippen molar-refractivity contribution in [1.82, 2.24) is 0 Å². The van der Waals surface area contributed by atoms with E-state index in [0.717, 1.165) is 6.42 Å². The van der Waals surface area contributed by atoms with Crippen molar-refractivity contribution in [3.63, 3.8) is 0 Å². The van der Waals surface area contributed by atoms with Crippen LogP contribution < -0.4 is 9.47 Å². The third kappa shape index (κ3) is 3.44. The zero-order valence-electron chi connectivity index (χ0n) is 12.8. The average molecular weight is 344 g/mol. The van der Waals surface area contributed by atoms with Crippen LogP contribution in [0.3, 0.4) is 0 Å². The highest BCUT2D eigenvalue weighted by atomic mass is 35.5. The van der Waals surface area contributed by atoms with E-state index in [-0.39, 0.29) is 12.2 Å². The fourth-order valence-corrected chi connectivity index (χ4v) is 2.60. The number of carbonyl (C=O) groups excluding carboxylic acids is 1. The summed E-state index contributed by atoms with van der Waals surface area (Å²) in [5.74, 6) is 0.338. The summed E-state index contributed by atoms with van der Waals surface area (Å²) in [4.78, 5) is 12.3. The maximum absolute atomic E-state index is 12.3. The molecule has 24 heavy (non-hydrogen) atoms. The number of hydrogen-bond donors (Lipinski definition) is 0. The molecule has 0 unspecified atom stereocenters. The molecule has 1 aliphatic rings. The third-order valence-electron chi connectivity index (χ3n) is 3.53. The Morgan fingerprint density at radius 1 is 1.25 bits per heavy atom. The monoisotopic (exact) mass is 343 g/mol. The predicted octanol–water partition coefficient (Wildman–Crippen LogP) is 3.73. The van der Waals surface area contributed by atoms with Crippen molar-refractivity contribution >= 4 is 17.6 Å². The summed E-state index contributed by atoms with van der Waals surface area (Å²) >= 11 is 6.17. The molecule has 0 fully saturated rings. The minimum Gasteiger partial charge on any atom is -0.489 e. The lowest BCUT2D eigenvalue weighted by atomic mass is 10.1. The van der Waals surface area contributed by atoms with E-state index in [1.165, 1.54) is 6.07 Å². The largest absolute Gasteiger partial charge is 0.489 e. The van der Waals surface area contributed by atoms with Gasteiger partial charge in [0.15, 0.2) is 11.5 Å². The van der Waals surface area contributed by atoms with E-state index >= 15 is 0 Å². The quantitative estimate of drug-likeness (QED) is 0.794. The van der Waals surface area contributed by atoms with E-state index in [0.29, 0.717) is 40.9 Å². The summed E-state index contributed by atoms with van der Waals surface area (Å²) in [7, 11) is 0. The van der Waals surface area contributed by atoms with Gasteiger partial charge in [0.25, 0.3) is 0 Å². The van der Waals surface area contributed by atoms with Crippen LogP contribution in [0.25, 0.3) is 0 Å². The SMILES string of the molecule is N#Cc1ccccc1COC(=O)c1cc(Cl)c2c(c1)OCCCO2. The zero-order valence-corrected chi connectivity index (χ0v) is 13.5. The standard InChI is InChI=1S/C18H14ClNO4/c19-15-8-14(9-16-17(15)23-7-3-6-22-16)18(21)24-11-13-5-2-1-4-12(13)10-20/h1-2,4-5,8-9H,3,6-7,11H2. The number of ether oxygens (including phenoxy) is 3. The van der Waals surface area contributed by atoms with Crippen molar-refractivity contribution < 1.29 is 19.0 Å². The highest BCUT2D eigenvalue weighted by Gasteiger charge is 2.19. The number of benzene rings is 2. The third-order valence-corrected chi connectivity index (χ3v) is 3.82. The van der Waals surface area contributed by atoms with Gasteiger partial charge in [-0.3, -0.25) is 0 Å². The lowest BCUT2D eigenvalue weighted by Crippen LogP contribution is -2.07. The summed E-state index contributed by atoms with van der Waals surface area (Å²) in [5.41, 5.74) is 1.40. The van der Waals surface area contributed by atoms with Crippen LogP contribution >= 0.6 is 11.6 Å². The molecule has 2 aromatic rings. The topological polar surface area (TPSA) is 68.5 Å². The molecule has 0 saturated carbocycles. The van der Waals surface area contributed by atoms with Gasteiger partial charge in [-0.15, -0.1) is 0 Å². The van der Waals surface area contributed by atoms with Gasteiger partial charge in [-0.25, -0.2) is 4.79 Å². The molecule has 0 radical (unpaired) electrons. The summed E-state index contributed by atoms with van der Waals surface area (Å²) in [5, 5.41) is 9.36.